The molecular weight excluding hydrogens is 855 g/mol. The summed E-state index contributed by atoms with van der Waals surface area (Å²) in [6, 6.07) is 22.7. The van der Waals surface area contributed by atoms with Gasteiger partial charge in [0.25, 0.3) is 6.33 Å². The van der Waals surface area contributed by atoms with Gasteiger partial charge in [-0.05, 0) is 106 Å². The largest absolute Gasteiger partial charge is 0.458 e. The number of aromatic nitrogens is 5. The van der Waals surface area contributed by atoms with Crippen LogP contribution in [-0.4, -0.2) is 18.7 Å². The van der Waals surface area contributed by atoms with Crippen molar-refractivity contribution in [1.29, 1.82) is 0 Å². The number of ether oxygens (including phenoxy) is 1. The van der Waals surface area contributed by atoms with Crippen LogP contribution in [0.15, 0.2) is 230 Å². The van der Waals surface area contributed by atoms with E-state index in [4.69, 9.17) is 26.2 Å². The van der Waals surface area contributed by atoms with Crippen molar-refractivity contribution in [2.75, 3.05) is 0 Å². The van der Waals surface area contributed by atoms with Crippen LogP contribution >= 0.6 is 0 Å². The van der Waals surface area contributed by atoms with Crippen molar-refractivity contribution in [2.45, 2.75) is 26.2 Å². The molecule has 0 amide bonds. The Morgan fingerprint density at radius 1 is 0.500 bits per heavy atom. The number of rotatable bonds is 8. The van der Waals surface area contributed by atoms with Gasteiger partial charge in [0.1, 0.15) is 17.3 Å². The summed E-state index contributed by atoms with van der Waals surface area (Å²) in [7, 11) is 0. The zero-order valence-electron chi connectivity index (χ0n) is 55.7. The molecule has 4 aromatic heterocycles. The third-order valence-corrected chi connectivity index (χ3v) is 12.5. The van der Waals surface area contributed by atoms with E-state index in [1.807, 2.05) is 42.5 Å². The summed E-state index contributed by atoms with van der Waals surface area (Å²) >= 11 is 0. The summed E-state index contributed by atoms with van der Waals surface area (Å²) in [6.45, 7) is 6.43. The third-order valence-electron chi connectivity index (χ3n) is 12.5. The first-order valence-electron chi connectivity index (χ1n) is 31.4. The van der Waals surface area contributed by atoms with Gasteiger partial charge in [0.2, 0.25) is 0 Å². The molecule has 0 aliphatic carbocycles. The van der Waals surface area contributed by atoms with E-state index in [9.17, 15) is 8.22 Å². The SMILES string of the molecule is [2H]c1c([2H])c([2H])c(-c2cccc(-c3c([2H])c([2H])c([2H])c([2H])c3[2H])c2-[n+]2[c-]n(-c3cccc(Oc4ccc5c6ccccc6n(-c6cc(C(C)(C)C)ccn6)c5c4)c3)c3ccc(-n4c5c([2H])c([2H])c([2H])c([2H])c5c5c([2H])c([2H])c([2H])c([2H])c54)cc32)c([2H])c1[2H]. The van der Waals surface area contributed by atoms with Crippen molar-refractivity contribution in [3.05, 3.63) is 242 Å². The van der Waals surface area contributed by atoms with Gasteiger partial charge in [-0.25, -0.2) is 4.98 Å². The Balaban J connectivity index is 1.10. The predicted octanol–water partition coefficient (Wildman–Crippen LogP) is 15.7. The monoisotopic (exact) mass is 919 g/mol. The molecule has 0 aliphatic rings. The van der Waals surface area contributed by atoms with Crippen molar-refractivity contribution in [1.82, 2.24) is 18.7 Å². The summed E-state index contributed by atoms with van der Waals surface area (Å²) in [6.07, 6.45) is 5.21. The second kappa shape index (κ2) is 16.4. The molecule has 0 radical (unpaired) electrons. The number of imidazole rings is 1. The third kappa shape index (κ3) is 6.87. The lowest BCUT2D eigenvalue weighted by Gasteiger charge is -2.20. The summed E-state index contributed by atoms with van der Waals surface area (Å²) < 4.78 is 174. The first-order valence-corrected chi connectivity index (χ1v) is 22.4. The molecule has 0 unspecified atom stereocenters. The molecule has 0 N–H and O–H groups in total. The van der Waals surface area contributed by atoms with Crippen LogP contribution in [0.2, 0.25) is 0 Å². The van der Waals surface area contributed by atoms with Gasteiger partial charge in [-0.15, -0.1) is 0 Å². The molecule has 9 aromatic carbocycles. The number of hydrogen-bond donors (Lipinski definition) is 0. The van der Waals surface area contributed by atoms with E-state index in [-0.39, 0.29) is 66.4 Å². The van der Waals surface area contributed by atoms with Crippen LogP contribution in [-0.2, 0) is 5.41 Å². The molecule has 0 saturated heterocycles. The van der Waals surface area contributed by atoms with Gasteiger partial charge in [-0.2, -0.15) is 0 Å². The first-order chi connectivity index (χ1) is 41.8. The van der Waals surface area contributed by atoms with Gasteiger partial charge in [0.15, 0.2) is 0 Å². The zero-order valence-corrected chi connectivity index (χ0v) is 37.7. The molecule has 0 atom stereocenters. The number of pyridine rings is 1. The lowest BCUT2D eigenvalue weighted by Crippen LogP contribution is -2.31. The molecule has 6 heteroatoms. The Bertz CT molecular complexity index is 5010. The van der Waals surface area contributed by atoms with Gasteiger partial charge < -0.3 is 9.30 Å². The fraction of sp³-hybridized carbons (Fsp3) is 0.0625. The quantitative estimate of drug-likeness (QED) is 0.113. The lowest BCUT2D eigenvalue weighted by atomic mass is 9.88. The molecule has 4 heterocycles. The highest BCUT2D eigenvalue weighted by Gasteiger charge is 2.23. The van der Waals surface area contributed by atoms with Crippen molar-refractivity contribution < 1.29 is 34.0 Å². The van der Waals surface area contributed by atoms with Gasteiger partial charge >= 0.3 is 0 Å². The van der Waals surface area contributed by atoms with Crippen molar-refractivity contribution in [2.24, 2.45) is 0 Å². The summed E-state index contributed by atoms with van der Waals surface area (Å²) in [5, 5.41) is 1.62. The Morgan fingerprint density at radius 3 is 1.86 bits per heavy atom. The second-order valence-electron chi connectivity index (χ2n) is 17.7. The molecule has 0 spiro atoms. The topological polar surface area (TPSA) is 40.8 Å². The molecule has 0 bridgehead atoms. The molecule has 13 rings (SSSR count). The van der Waals surface area contributed by atoms with Crippen molar-refractivity contribution >= 4 is 54.6 Å². The molecule has 13 aromatic rings. The normalized spacial score (nSPS) is 15.5. The molecule has 0 aliphatic heterocycles. The number of hydrogen-bond acceptors (Lipinski definition) is 2. The van der Waals surface area contributed by atoms with Crippen LogP contribution in [0.1, 0.15) is 51.0 Å². The number of benzene rings is 9. The minimum absolute atomic E-state index is 0.0580. The standard InChI is InChI=1S/C64H47N5O/c1-64(2,3)45-36-37-65-62(38-45)69-58-31-15-12-26-54(58)55-34-33-49(41-60(55)69)70-48-23-16-22-46(39-48)66-42-67(63-50(43-18-6-4-7-19-43)27-17-28-51(63)44-20-8-5-9-21-44)61-40-47(32-35-59(61)66)68-56-29-13-10-24-52(56)53-25-11-14-30-57(53)68/h4-41H,1-3H3/i4D,5D,6D,7D,8D,9D,10D,11D,13D,14D,18D,19D,20D,21D,24D,25D,29D,30D. The average Bonchev–Trinajstić information content (AvgIpc) is 1.54. The van der Waals surface area contributed by atoms with Gasteiger partial charge in [0, 0.05) is 39.5 Å². The zero-order chi connectivity index (χ0) is 62.6. The van der Waals surface area contributed by atoms with Crippen LogP contribution in [0.5, 0.6) is 11.5 Å². The predicted molar refractivity (Wildman–Crippen MR) is 286 cm³/mol. The second-order valence-corrected chi connectivity index (χ2v) is 17.7. The Hall–Kier alpha value is -9.00. The van der Waals surface area contributed by atoms with Gasteiger partial charge in [0.05, 0.1) is 69.1 Å². The fourth-order valence-corrected chi connectivity index (χ4v) is 9.32. The lowest BCUT2D eigenvalue weighted by molar-refractivity contribution is -0.571. The van der Waals surface area contributed by atoms with Gasteiger partial charge in [-0.1, -0.05) is 166 Å². The van der Waals surface area contributed by atoms with E-state index in [0.29, 0.717) is 22.7 Å². The van der Waals surface area contributed by atoms with E-state index in [0.717, 1.165) is 33.2 Å². The first kappa shape index (κ1) is 26.5. The minimum Gasteiger partial charge on any atom is -0.458 e. The molecule has 0 fully saturated rings. The maximum absolute atomic E-state index is 9.30. The number of fused-ring (bicyclic) bond motifs is 7. The van der Waals surface area contributed by atoms with Crippen molar-refractivity contribution in [3.63, 3.8) is 0 Å². The number of nitrogens with zero attached hydrogens (tertiary/aromatic N) is 5. The number of para-hydroxylation sites is 4. The Kier molecular flexibility index (Phi) is 6.20. The highest BCUT2D eigenvalue weighted by molar-refractivity contribution is 6.10. The smallest absolute Gasteiger partial charge is 0.269 e. The summed E-state index contributed by atoms with van der Waals surface area (Å²) in [5.74, 6) is 1.55. The maximum atomic E-state index is 9.30. The summed E-state index contributed by atoms with van der Waals surface area (Å²) in [4.78, 5) is 4.83. The summed E-state index contributed by atoms with van der Waals surface area (Å²) in [5.41, 5.74) is 2.51. The van der Waals surface area contributed by atoms with E-state index in [1.54, 1.807) is 53.2 Å². The van der Waals surface area contributed by atoms with E-state index >= 15 is 0 Å². The van der Waals surface area contributed by atoms with Crippen LogP contribution in [0.4, 0.5) is 0 Å². The van der Waals surface area contributed by atoms with Crippen LogP contribution in [0.25, 0.3) is 99.8 Å². The van der Waals surface area contributed by atoms with Crippen LogP contribution in [0, 0.1) is 6.33 Å². The highest BCUT2D eigenvalue weighted by Crippen LogP contribution is 2.39. The minimum atomic E-state index is -0.683. The Labute approximate surface area is 431 Å². The maximum Gasteiger partial charge on any atom is 0.269 e. The highest BCUT2D eigenvalue weighted by atomic mass is 16.5. The molecule has 0 saturated carbocycles. The molecule has 6 nitrogen and oxygen atoms in total. The van der Waals surface area contributed by atoms with Crippen LogP contribution in [0.3, 0.4) is 0 Å². The molecule has 70 heavy (non-hydrogen) atoms. The fourth-order valence-electron chi connectivity index (χ4n) is 9.32. The van der Waals surface area contributed by atoms with Crippen LogP contribution < -0.4 is 9.30 Å². The van der Waals surface area contributed by atoms with E-state index in [1.165, 1.54) is 27.3 Å². The van der Waals surface area contributed by atoms with Gasteiger partial charge in [-0.3, -0.25) is 13.7 Å². The van der Waals surface area contributed by atoms with E-state index in [2.05, 4.69) is 43.8 Å². The Morgan fingerprint density at radius 2 is 1.14 bits per heavy atom. The van der Waals surface area contributed by atoms with Crippen molar-refractivity contribution in [3.8, 4) is 56.6 Å². The average molecular weight is 920 g/mol. The molecular formula is C64H47N5O. The molecule has 334 valence electrons. The van der Waals surface area contributed by atoms with E-state index < -0.39 is 109 Å².